The molecule has 0 unspecified atom stereocenters. The van der Waals surface area contributed by atoms with E-state index in [9.17, 15) is 22.0 Å². The lowest BCUT2D eigenvalue weighted by Gasteiger charge is -2.01. The summed E-state index contributed by atoms with van der Waals surface area (Å²) >= 11 is 3.85. The molecule has 0 atom stereocenters. The van der Waals surface area contributed by atoms with E-state index in [2.05, 4.69) is 16.8 Å². The Morgan fingerprint density at radius 2 is 1.00 bits per heavy atom. The fourth-order valence-electron chi connectivity index (χ4n) is 0.673. The summed E-state index contributed by atoms with van der Waals surface area (Å²) in [4.78, 5) is 0. The summed E-state index contributed by atoms with van der Waals surface area (Å²) in [5, 5.41) is 0. The smallest absolute Gasteiger partial charge is 0.200 e. The lowest BCUT2D eigenvalue weighted by molar-refractivity contribution is 0.381. The number of rotatable bonds is 1. The molecule has 0 N–H and O–H groups in total. The highest BCUT2D eigenvalue weighted by Gasteiger charge is 2.25. The second-order valence-corrected chi connectivity index (χ2v) is 2.19. The third kappa shape index (κ3) is 1.39. The third-order valence-electron chi connectivity index (χ3n) is 1.28. The van der Waals surface area contributed by atoms with Gasteiger partial charge in [-0.25, -0.2) is 22.0 Å². The molecule has 0 aliphatic heterocycles. The van der Waals surface area contributed by atoms with E-state index in [-0.39, 0.29) is 0 Å². The maximum atomic E-state index is 12.5. The average molecular weight is 213 g/mol. The summed E-state index contributed by atoms with van der Waals surface area (Å²) in [7, 11) is 0. The first-order chi connectivity index (χ1) is 6.00. The monoisotopic (exact) mass is 213 g/mol. The largest absolute Gasteiger partial charge is 0.201 e. The van der Waals surface area contributed by atoms with Gasteiger partial charge in [-0.2, -0.15) is 4.36 Å². The number of hydrogen-bond donors (Lipinski definition) is 0. The second kappa shape index (κ2) is 3.33. The van der Waals surface area contributed by atoms with Gasteiger partial charge in [0, 0.05) is 12.4 Å². The van der Waals surface area contributed by atoms with E-state index < -0.39 is 34.8 Å². The zero-order valence-electron chi connectivity index (χ0n) is 5.75. The van der Waals surface area contributed by atoms with Crippen LogP contribution in [-0.4, -0.2) is 0 Å². The minimum Gasteiger partial charge on any atom is -0.201 e. The van der Waals surface area contributed by atoms with Crippen molar-refractivity contribution in [3.63, 3.8) is 0 Å². The van der Waals surface area contributed by atoms with E-state index in [4.69, 9.17) is 0 Å². The van der Waals surface area contributed by atoms with Crippen molar-refractivity contribution in [1.29, 1.82) is 0 Å². The molecule has 0 heterocycles. The van der Waals surface area contributed by atoms with Crippen LogP contribution in [0.4, 0.5) is 27.6 Å². The lowest BCUT2D eigenvalue weighted by atomic mass is 10.2. The molecule has 0 bridgehead atoms. The van der Waals surface area contributed by atoms with E-state index in [1.54, 1.807) is 0 Å². The molecule has 70 valence electrons. The average Bonchev–Trinajstić information content (AvgIpc) is 2.13. The predicted octanol–water partition coefficient (Wildman–Crippen LogP) is 2.74. The molecule has 1 nitrogen and oxygen atoms in total. The summed E-state index contributed by atoms with van der Waals surface area (Å²) in [6.07, 6.45) is 0. The van der Waals surface area contributed by atoms with Gasteiger partial charge in [-0.3, -0.25) is 0 Å². The van der Waals surface area contributed by atoms with Gasteiger partial charge in [0.25, 0.3) is 0 Å². The van der Waals surface area contributed by atoms with Gasteiger partial charge in [0.1, 0.15) is 0 Å². The molecule has 0 fully saturated rings. The minimum absolute atomic E-state index is 1.34. The highest BCUT2D eigenvalue weighted by atomic mass is 32.1. The van der Waals surface area contributed by atoms with Crippen LogP contribution in [0.3, 0.4) is 0 Å². The fraction of sp³-hybridized carbons (Fsp3) is 0. The maximum Gasteiger partial charge on any atom is 0.200 e. The molecule has 1 aromatic carbocycles. The summed E-state index contributed by atoms with van der Waals surface area (Å²) in [6, 6.07) is 0. The molecule has 0 saturated carbocycles. The zero-order chi connectivity index (χ0) is 10.2. The van der Waals surface area contributed by atoms with Crippen molar-refractivity contribution in [2.45, 2.75) is 0 Å². The van der Waals surface area contributed by atoms with Crippen LogP contribution < -0.4 is 0 Å². The fourth-order valence-corrected chi connectivity index (χ4v) is 0.834. The number of hydrogen-bond acceptors (Lipinski definition) is 2. The quantitative estimate of drug-likeness (QED) is 0.397. The molecule has 0 aliphatic carbocycles. The first kappa shape index (κ1) is 9.97. The van der Waals surface area contributed by atoms with Crippen LogP contribution in [0.15, 0.2) is 4.36 Å². The number of halogens is 5. The van der Waals surface area contributed by atoms with Crippen molar-refractivity contribution < 1.29 is 22.0 Å². The Morgan fingerprint density at radius 1 is 0.692 bits per heavy atom. The van der Waals surface area contributed by atoms with Gasteiger partial charge < -0.3 is 0 Å². The molecule has 13 heavy (non-hydrogen) atoms. The van der Waals surface area contributed by atoms with Gasteiger partial charge in [0.2, 0.25) is 5.82 Å². The predicted molar refractivity (Wildman–Crippen MR) is 35.7 cm³/mol. The highest BCUT2D eigenvalue weighted by molar-refractivity contribution is 7.47. The Morgan fingerprint density at radius 3 is 1.31 bits per heavy atom. The molecule has 0 radical (unpaired) electrons. The third-order valence-corrected chi connectivity index (χ3v) is 1.46. The van der Waals surface area contributed by atoms with Crippen molar-refractivity contribution in [2.24, 2.45) is 4.36 Å². The van der Waals surface area contributed by atoms with Crippen molar-refractivity contribution in [3.8, 4) is 0 Å². The summed E-state index contributed by atoms with van der Waals surface area (Å²) < 4.78 is 64.5. The van der Waals surface area contributed by atoms with Crippen molar-refractivity contribution in [3.05, 3.63) is 29.1 Å². The molecule has 1 aromatic rings. The molecule has 7 heteroatoms. The first-order valence-corrected chi connectivity index (χ1v) is 3.22. The van der Waals surface area contributed by atoms with Gasteiger partial charge in [-0.1, -0.05) is 0 Å². The Kier molecular flexibility index (Phi) is 2.55. The van der Waals surface area contributed by atoms with E-state index >= 15 is 0 Å². The summed E-state index contributed by atoms with van der Waals surface area (Å²) in [5.74, 6) is -10.4. The standard InChI is InChI=1S/C6F5NS/c7-1-2(8)4(10)6(12-13)5(11)3(1)9. The Balaban J connectivity index is 3.66. The Hall–Kier alpha value is -1.11. The van der Waals surface area contributed by atoms with E-state index in [0.717, 1.165) is 0 Å². The minimum atomic E-state index is -2.22. The van der Waals surface area contributed by atoms with E-state index in [1.807, 2.05) is 0 Å². The molecule has 1 rings (SSSR count). The van der Waals surface area contributed by atoms with Crippen LogP contribution in [0.1, 0.15) is 0 Å². The van der Waals surface area contributed by atoms with Gasteiger partial charge >= 0.3 is 0 Å². The van der Waals surface area contributed by atoms with Crippen LogP contribution in [0, 0.1) is 29.1 Å². The van der Waals surface area contributed by atoms with Crippen LogP contribution in [0.25, 0.3) is 0 Å². The SMILES string of the molecule is Fc1c(F)c(F)c(N=S)c(F)c1F. The molecule has 0 aliphatic rings. The van der Waals surface area contributed by atoms with Crippen molar-refractivity contribution in [2.75, 3.05) is 0 Å². The Bertz CT molecular complexity index is 349. The van der Waals surface area contributed by atoms with Gasteiger partial charge in [-0.05, 0) is 0 Å². The van der Waals surface area contributed by atoms with Crippen LogP contribution in [0.5, 0.6) is 0 Å². The lowest BCUT2D eigenvalue weighted by Crippen LogP contribution is -2.00. The molecule has 0 spiro atoms. The molecule has 0 amide bonds. The second-order valence-electron chi connectivity index (χ2n) is 2.01. The maximum absolute atomic E-state index is 12.5. The first-order valence-electron chi connectivity index (χ1n) is 2.85. The van der Waals surface area contributed by atoms with Gasteiger partial charge in [0.15, 0.2) is 29.0 Å². The topological polar surface area (TPSA) is 12.4 Å². The zero-order valence-corrected chi connectivity index (χ0v) is 6.56. The molecule has 0 aromatic heterocycles. The van der Waals surface area contributed by atoms with Crippen molar-refractivity contribution in [1.82, 2.24) is 0 Å². The van der Waals surface area contributed by atoms with Crippen LogP contribution in [-0.2, 0) is 12.4 Å². The van der Waals surface area contributed by atoms with Gasteiger partial charge in [0.05, 0.1) is 0 Å². The molecule has 0 saturated heterocycles. The molecular weight excluding hydrogens is 213 g/mol. The number of benzene rings is 1. The summed E-state index contributed by atoms with van der Waals surface area (Å²) in [5.41, 5.74) is -1.34. The van der Waals surface area contributed by atoms with Crippen LogP contribution in [0.2, 0.25) is 0 Å². The number of nitrogens with zero attached hydrogens (tertiary/aromatic N) is 1. The van der Waals surface area contributed by atoms with E-state index in [0.29, 0.717) is 0 Å². The normalized spacial score (nSPS) is 10.2. The van der Waals surface area contributed by atoms with Crippen molar-refractivity contribution >= 4 is 18.1 Å². The summed E-state index contributed by atoms with van der Waals surface area (Å²) in [6.45, 7) is 0. The van der Waals surface area contributed by atoms with Crippen LogP contribution >= 0.6 is 0 Å². The van der Waals surface area contributed by atoms with E-state index in [1.165, 1.54) is 0 Å². The van der Waals surface area contributed by atoms with Gasteiger partial charge in [-0.15, -0.1) is 0 Å². The highest BCUT2D eigenvalue weighted by Crippen LogP contribution is 2.28. The Labute approximate surface area is 74.4 Å². The molecular formula is C6F5NS.